The van der Waals surface area contributed by atoms with Crippen LogP contribution in [0.2, 0.25) is 0 Å². The summed E-state index contributed by atoms with van der Waals surface area (Å²) in [5.74, 6) is -0.350. The molecule has 1 amide bonds. The van der Waals surface area contributed by atoms with E-state index in [2.05, 4.69) is 12.2 Å². The highest BCUT2D eigenvalue weighted by Gasteiger charge is 2.65. The van der Waals surface area contributed by atoms with Crippen LogP contribution in [0.5, 0.6) is 0 Å². The Morgan fingerprint density at radius 2 is 1.65 bits per heavy atom. The van der Waals surface area contributed by atoms with Crippen LogP contribution in [0.1, 0.15) is 52.9 Å². The first-order valence-electron chi connectivity index (χ1n) is 7.88. The number of nitrogens with one attached hydrogen (secondary N) is 1. The van der Waals surface area contributed by atoms with E-state index in [1.807, 2.05) is 13.8 Å². The van der Waals surface area contributed by atoms with Crippen LogP contribution in [0.4, 0.5) is 0 Å². The van der Waals surface area contributed by atoms with E-state index in [4.69, 9.17) is 5.11 Å². The first-order chi connectivity index (χ1) is 9.37. The zero-order valence-electron chi connectivity index (χ0n) is 12.8. The number of aliphatic carboxylic acids is 1. The van der Waals surface area contributed by atoms with Gasteiger partial charge in [0.1, 0.15) is 0 Å². The second kappa shape index (κ2) is 5.74. The van der Waals surface area contributed by atoms with Crippen LogP contribution < -0.4 is 5.32 Å². The number of hydrogen-bond acceptors (Lipinski definition) is 2. The Bertz CT molecular complexity index is 383. The lowest BCUT2D eigenvalue weighted by Crippen LogP contribution is -2.33. The summed E-state index contributed by atoms with van der Waals surface area (Å²) in [4.78, 5) is 23.2. The zero-order chi connectivity index (χ0) is 14.9. The van der Waals surface area contributed by atoms with E-state index in [-0.39, 0.29) is 11.8 Å². The maximum Gasteiger partial charge on any atom is 0.307 e. The quantitative estimate of drug-likeness (QED) is 0.814. The van der Waals surface area contributed by atoms with E-state index in [0.29, 0.717) is 12.5 Å². The van der Waals surface area contributed by atoms with Gasteiger partial charge < -0.3 is 10.4 Å². The number of rotatable bonds is 5. The van der Waals surface area contributed by atoms with Gasteiger partial charge in [-0.15, -0.1) is 0 Å². The summed E-state index contributed by atoms with van der Waals surface area (Å²) < 4.78 is 0. The molecule has 0 aromatic rings. The molecule has 0 aromatic carbocycles. The lowest BCUT2D eigenvalue weighted by molar-refractivity contribution is -0.140. The molecule has 0 aromatic heterocycles. The van der Waals surface area contributed by atoms with Crippen molar-refractivity contribution in [3.8, 4) is 0 Å². The van der Waals surface area contributed by atoms with Gasteiger partial charge in [-0.1, -0.05) is 40.0 Å². The SMILES string of the molecule is CCC1CCC(CNC(=O)[C@H]2[C@@H](C(=O)O)C2(C)C)CC1. The summed E-state index contributed by atoms with van der Waals surface area (Å²) in [6.07, 6.45) is 6.17. The molecule has 0 spiro atoms. The van der Waals surface area contributed by atoms with Crippen molar-refractivity contribution in [3.05, 3.63) is 0 Å². The Kier molecular flexibility index (Phi) is 4.40. The molecule has 114 valence electrons. The highest BCUT2D eigenvalue weighted by Crippen LogP contribution is 2.58. The number of amides is 1. The van der Waals surface area contributed by atoms with E-state index < -0.39 is 17.3 Å². The Morgan fingerprint density at radius 1 is 1.10 bits per heavy atom. The van der Waals surface area contributed by atoms with Crippen LogP contribution in [0.3, 0.4) is 0 Å². The van der Waals surface area contributed by atoms with Gasteiger partial charge in [0.05, 0.1) is 11.8 Å². The highest BCUT2D eigenvalue weighted by atomic mass is 16.4. The van der Waals surface area contributed by atoms with E-state index in [0.717, 1.165) is 5.92 Å². The van der Waals surface area contributed by atoms with Crippen LogP contribution >= 0.6 is 0 Å². The topological polar surface area (TPSA) is 66.4 Å². The molecular formula is C16H27NO3. The van der Waals surface area contributed by atoms with Gasteiger partial charge in [0, 0.05) is 6.54 Å². The van der Waals surface area contributed by atoms with Gasteiger partial charge in [0.25, 0.3) is 0 Å². The molecule has 0 aliphatic heterocycles. The van der Waals surface area contributed by atoms with Crippen molar-refractivity contribution < 1.29 is 14.7 Å². The summed E-state index contributed by atoms with van der Waals surface area (Å²) in [6.45, 7) is 6.69. The van der Waals surface area contributed by atoms with E-state index >= 15 is 0 Å². The molecule has 2 aliphatic rings. The second-order valence-electron chi connectivity index (χ2n) is 7.16. The fourth-order valence-corrected chi connectivity index (χ4v) is 3.79. The average molecular weight is 281 g/mol. The molecule has 2 rings (SSSR count). The molecule has 0 heterocycles. The third-order valence-electron chi connectivity index (χ3n) is 5.48. The van der Waals surface area contributed by atoms with Crippen molar-refractivity contribution in [3.63, 3.8) is 0 Å². The molecule has 0 unspecified atom stereocenters. The Morgan fingerprint density at radius 3 is 2.10 bits per heavy atom. The summed E-state index contributed by atoms with van der Waals surface area (Å²) in [5.41, 5.74) is -0.393. The highest BCUT2D eigenvalue weighted by molar-refractivity contribution is 5.91. The van der Waals surface area contributed by atoms with Crippen molar-refractivity contribution in [2.24, 2.45) is 29.1 Å². The molecule has 20 heavy (non-hydrogen) atoms. The number of carboxylic acids is 1. The lowest BCUT2D eigenvalue weighted by atomic mass is 9.81. The number of carboxylic acid groups (broad SMARTS) is 1. The number of carbonyl (C=O) groups excluding carboxylic acids is 1. The fourth-order valence-electron chi connectivity index (χ4n) is 3.79. The minimum Gasteiger partial charge on any atom is -0.481 e. The van der Waals surface area contributed by atoms with Crippen molar-refractivity contribution in [2.75, 3.05) is 6.54 Å². The van der Waals surface area contributed by atoms with Gasteiger partial charge in [0.2, 0.25) is 5.91 Å². The van der Waals surface area contributed by atoms with Gasteiger partial charge in [-0.25, -0.2) is 0 Å². The summed E-state index contributed by atoms with van der Waals surface area (Å²) in [7, 11) is 0. The molecule has 2 aliphatic carbocycles. The van der Waals surface area contributed by atoms with Crippen molar-refractivity contribution >= 4 is 11.9 Å². The smallest absolute Gasteiger partial charge is 0.307 e. The molecule has 2 N–H and O–H groups in total. The summed E-state index contributed by atoms with van der Waals surface area (Å²) in [6, 6.07) is 0. The van der Waals surface area contributed by atoms with Gasteiger partial charge in [-0.3, -0.25) is 9.59 Å². The maximum atomic E-state index is 12.1. The fraction of sp³-hybridized carbons (Fsp3) is 0.875. The number of carbonyl (C=O) groups is 2. The number of hydrogen-bond donors (Lipinski definition) is 2. The van der Waals surface area contributed by atoms with Crippen LogP contribution in [0.15, 0.2) is 0 Å². The van der Waals surface area contributed by atoms with Crippen molar-refractivity contribution in [2.45, 2.75) is 52.9 Å². The molecular weight excluding hydrogens is 254 g/mol. The first kappa shape index (κ1) is 15.3. The van der Waals surface area contributed by atoms with Gasteiger partial charge in [0.15, 0.2) is 0 Å². The summed E-state index contributed by atoms with van der Waals surface area (Å²) >= 11 is 0. The second-order valence-corrected chi connectivity index (χ2v) is 7.16. The first-order valence-corrected chi connectivity index (χ1v) is 7.88. The van der Waals surface area contributed by atoms with Crippen LogP contribution in [0.25, 0.3) is 0 Å². The predicted octanol–water partition coefficient (Wildman–Crippen LogP) is 2.68. The predicted molar refractivity (Wildman–Crippen MR) is 77.1 cm³/mol. The van der Waals surface area contributed by atoms with Gasteiger partial charge >= 0.3 is 5.97 Å². The monoisotopic (exact) mass is 281 g/mol. The minimum absolute atomic E-state index is 0.0694. The van der Waals surface area contributed by atoms with E-state index in [1.165, 1.54) is 32.1 Å². The molecule has 4 nitrogen and oxygen atoms in total. The molecule has 4 heteroatoms. The Labute approximate surface area is 121 Å². The Hall–Kier alpha value is -1.06. The normalized spacial score (nSPS) is 35.4. The van der Waals surface area contributed by atoms with E-state index in [1.54, 1.807) is 0 Å². The minimum atomic E-state index is -0.849. The summed E-state index contributed by atoms with van der Waals surface area (Å²) in [5, 5.41) is 12.1. The average Bonchev–Trinajstić information content (AvgIpc) is 3.00. The molecule has 2 fully saturated rings. The zero-order valence-corrected chi connectivity index (χ0v) is 12.8. The van der Waals surface area contributed by atoms with Crippen LogP contribution in [-0.2, 0) is 9.59 Å². The van der Waals surface area contributed by atoms with Gasteiger partial charge in [-0.2, -0.15) is 0 Å². The standard InChI is InChI=1S/C16H27NO3/c1-4-10-5-7-11(8-6-10)9-17-14(18)12-13(15(19)20)16(12,2)3/h10-13H,4-9H2,1-3H3,(H,17,18)(H,19,20)/t10?,11?,12-,13+/m1/s1. The maximum absolute atomic E-state index is 12.1. The van der Waals surface area contributed by atoms with Crippen LogP contribution in [-0.4, -0.2) is 23.5 Å². The third kappa shape index (κ3) is 2.99. The lowest BCUT2D eigenvalue weighted by Gasteiger charge is -2.27. The van der Waals surface area contributed by atoms with Crippen LogP contribution in [0, 0.1) is 29.1 Å². The van der Waals surface area contributed by atoms with Crippen molar-refractivity contribution in [1.29, 1.82) is 0 Å². The third-order valence-corrected chi connectivity index (χ3v) is 5.48. The molecule has 2 saturated carbocycles. The molecule has 0 bridgehead atoms. The van der Waals surface area contributed by atoms with Crippen molar-refractivity contribution in [1.82, 2.24) is 5.32 Å². The Balaban J connectivity index is 1.75. The van der Waals surface area contributed by atoms with Gasteiger partial charge in [-0.05, 0) is 30.1 Å². The molecule has 2 atom stereocenters. The largest absolute Gasteiger partial charge is 0.481 e. The molecule has 0 saturated heterocycles. The molecule has 0 radical (unpaired) electrons. The van der Waals surface area contributed by atoms with E-state index in [9.17, 15) is 9.59 Å².